The Kier molecular flexibility index (Phi) is 4.22. The van der Waals surface area contributed by atoms with E-state index in [-0.39, 0.29) is 0 Å². The largest absolute Gasteiger partial charge is 0.380 e. The van der Waals surface area contributed by atoms with Crippen LogP contribution in [0.4, 0.5) is 0 Å². The molecular weight excluding hydrogens is 224 g/mol. The molecule has 2 heterocycles. The Morgan fingerprint density at radius 1 is 1.17 bits per heavy atom. The van der Waals surface area contributed by atoms with Crippen molar-refractivity contribution in [1.29, 1.82) is 0 Å². The molecule has 104 valence electrons. The van der Waals surface area contributed by atoms with Crippen LogP contribution in [0.3, 0.4) is 0 Å². The lowest BCUT2D eigenvalue weighted by atomic mass is 9.78. The van der Waals surface area contributed by atoms with E-state index in [0.29, 0.717) is 12.1 Å². The Balaban J connectivity index is 1.55. The van der Waals surface area contributed by atoms with Crippen LogP contribution in [0.1, 0.15) is 44.9 Å². The van der Waals surface area contributed by atoms with Gasteiger partial charge in [-0.05, 0) is 44.6 Å². The first kappa shape index (κ1) is 12.9. The second-order valence-corrected chi connectivity index (χ2v) is 6.45. The van der Waals surface area contributed by atoms with Crippen molar-refractivity contribution in [2.24, 2.45) is 5.92 Å². The highest BCUT2D eigenvalue weighted by Gasteiger charge is 2.35. The van der Waals surface area contributed by atoms with E-state index >= 15 is 0 Å². The topological polar surface area (TPSA) is 24.5 Å². The molecule has 0 amide bonds. The molecule has 0 aromatic rings. The Morgan fingerprint density at radius 3 is 2.83 bits per heavy atom. The van der Waals surface area contributed by atoms with Gasteiger partial charge in [-0.25, -0.2) is 0 Å². The fraction of sp³-hybridized carbons (Fsp3) is 1.00. The molecule has 3 rings (SSSR count). The molecule has 0 spiro atoms. The van der Waals surface area contributed by atoms with E-state index < -0.39 is 0 Å². The van der Waals surface area contributed by atoms with Gasteiger partial charge in [0, 0.05) is 32.3 Å². The molecular formula is C15H28N2O. The van der Waals surface area contributed by atoms with E-state index in [2.05, 4.69) is 10.2 Å². The van der Waals surface area contributed by atoms with Crippen molar-refractivity contribution in [3.63, 3.8) is 0 Å². The molecule has 0 bridgehead atoms. The third-order valence-electron chi connectivity index (χ3n) is 5.33. The van der Waals surface area contributed by atoms with Crippen molar-refractivity contribution in [3.05, 3.63) is 0 Å². The number of rotatable bonds is 3. The number of nitrogens with zero attached hydrogens (tertiary/aromatic N) is 1. The highest BCUT2D eigenvalue weighted by atomic mass is 16.5. The van der Waals surface area contributed by atoms with Gasteiger partial charge in [0.15, 0.2) is 0 Å². The summed E-state index contributed by atoms with van der Waals surface area (Å²) in [6, 6.07) is 1.56. The predicted octanol–water partition coefficient (Wildman–Crippen LogP) is 2.02. The number of hydrogen-bond donors (Lipinski definition) is 1. The van der Waals surface area contributed by atoms with Gasteiger partial charge in [-0.15, -0.1) is 0 Å². The smallest absolute Gasteiger partial charge is 0.0711 e. The number of fused-ring (bicyclic) bond motifs is 1. The molecule has 4 unspecified atom stereocenters. The van der Waals surface area contributed by atoms with E-state index in [9.17, 15) is 0 Å². The molecule has 1 N–H and O–H groups in total. The summed E-state index contributed by atoms with van der Waals surface area (Å²) in [5, 5.41) is 3.63. The molecule has 3 heteroatoms. The summed E-state index contributed by atoms with van der Waals surface area (Å²) in [6.07, 6.45) is 10.4. The SMILES string of the molecule is COC1CNC(CN2CCCC3CCCCC32)C1. The minimum atomic E-state index is 0.446. The number of piperidine rings is 1. The standard InChI is InChI=1S/C15H28N2O/c1-18-14-9-13(16-10-14)11-17-8-4-6-12-5-2-3-7-15(12)17/h12-16H,2-11H2,1H3. The molecule has 1 aliphatic carbocycles. The number of likely N-dealkylation sites (tertiary alicyclic amines) is 1. The normalized spacial score (nSPS) is 41.8. The van der Waals surface area contributed by atoms with Gasteiger partial charge in [-0.1, -0.05) is 12.8 Å². The number of hydrogen-bond acceptors (Lipinski definition) is 3. The Morgan fingerprint density at radius 2 is 2.00 bits per heavy atom. The van der Waals surface area contributed by atoms with Gasteiger partial charge in [-0.3, -0.25) is 4.90 Å². The highest BCUT2D eigenvalue weighted by Crippen LogP contribution is 2.35. The molecule has 3 aliphatic rings. The lowest BCUT2D eigenvalue weighted by molar-refractivity contribution is 0.0522. The molecule has 0 aromatic heterocycles. The van der Waals surface area contributed by atoms with Crippen LogP contribution in [-0.4, -0.2) is 49.8 Å². The lowest BCUT2D eigenvalue weighted by Crippen LogP contribution is -2.50. The van der Waals surface area contributed by atoms with Crippen LogP contribution >= 0.6 is 0 Å². The second-order valence-electron chi connectivity index (χ2n) is 6.45. The Labute approximate surface area is 111 Å². The zero-order chi connectivity index (χ0) is 12.4. The van der Waals surface area contributed by atoms with Crippen LogP contribution in [0.15, 0.2) is 0 Å². The first-order valence-electron chi connectivity index (χ1n) is 7.87. The van der Waals surface area contributed by atoms with E-state index in [0.717, 1.165) is 18.5 Å². The summed E-state index contributed by atoms with van der Waals surface area (Å²) in [4.78, 5) is 2.79. The Hall–Kier alpha value is -0.120. The summed E-state index contributed by atoms with van der Waals surface area (Å²) in [7, 11) is 1.84. The summed E-state index contributed by atoms with van der Waals surface area (Å²) < 4.78 is 5.46. The number of nitrogens with one attached hydrogen (secondary N) is 1. The summed E-state index contributed by atoms with van der Waals surface area (Å²) in [5.74, 6) is 1.01. The van der Waals surface area contributed by atoms with Gasteiger partial charge < -0.3 is 10.1 Å². The maximum Gasteiger partial charge on any atom is 0.0711 e. The van der Waals surface area contributed by atoms with Crippen LogP contribution in [0, 0.1) is 5.92 Å². The number of methoxy groups -OCH3 is 1. The molecule has 1 saturated carbocycles. The highest BCUT2D eigenvalue weighted by molar-refractivity contribution is 4.91. The summed E-state index contributed by atoms with van der Waals surface area (Å²) >= 11 is 0. The van der Waals surface area contributed by atoms with E-state index in [1.807, 2.05) is 7.11 Å². The summed E-state index contributed by atoms with van der Waals surface area (Å²) in [6.45, 7) is 3.63. The summed E-state index contributed by atoms with van der Waals surface area (Å²) in [5.41, 5.74) is 0. The molecule has 0 aromatic carbocycles. The van der Waals surface area contributed by atoms with Gasteiger partial charge in [0.1, 0.15) is 0 Å². The molecule has 4 atom stereocenters. The average Bonchev–Trinajstić information content (AvgIpc) is 2.87. The molecule has 18 heavy (non-hydrogen) atoms. The van der Waals surface area contributed by atoms with Gasteiger partial charge in [0.05, 0.1) is 6.10 Å². The van der Waals surface area contributed by atoms with E-state index in [1.54, 1.807) is 0 Å². The van der Waals surface area contributed by atoms with Gasteiger partial charge in [0.25, 0.3) is 0 Å². The molecule has 3 fully saturated rings. The van der Waals surface area contributed by atoms with Crippen molar-refractivity contribution >= 4 is 0 Å². The monoisotopic (exact) mass is 252 g/mol. The maximum absolute atomic E-state index is 5.46. The van der Waals surface area contributed by atoms with Crippen LogP contribution in [0.25, 0.3) is 0 Å². The minimum Gasteiger partial charge on any atom is -0.380 e. The van der Waals surface area contributed by atoms with Crippen LogP contribution < -0.4 is 5.32 Å². The second kappa shape index (κ2) is 5.89. The van der Waals surface area contributed by atoms with Crippen molar-refractivity contribution in [2.75, 3.05) is 26.7 Å². The van der Waals surface area contributed by atoms with Crippen LogP contribution in [0.5, 0.6) is 0 Å². The fourth-order valence-electron chi connectivity index (χ4n) is 4.34. The fourth-order valence-corrected chi connectivity index (χ4v) is 4.34. The van der Waals surface area contributed by atoms with Gasteiger partial charge in [-0.2, -0.15) is 0 Å². The van der Waals surface area contributed by atoms with Gasteiger partial charge in [0.2, 0.25) is 0 Å². The lowest BCUT2D eigenvalue weighted by Gasteiger charge is -2.45. The minimum absolute atomic E-state index is 0.446. The number of ether oxygens (including phenoxy) is 1. The van der Waals surface area contributed by atoms with Crippen molar-refractivity contribution in [2.45, 2.75) is 63.1 Å². The first-order valence-corrected chi connectivity index (χ1v) is 7.87. The van der Waals surface area contributed by atoms with Gasteiger partial charge >= 0.3 is 0 Å². The molecule has 2 aliphatic heterocycles. The third-order valence-corrected chi connectivity index (χ3v) is 5.33. The quantitative estimate of drug-likeness (QED) is 0.831. The zero-order valence-corrected chi connectivity index (χ0v) is 11.7. The van der Waals surface area contributed by atoms with E-state index in [4.69, 9.17) is 4.74 Å². The first-order chi connectivity index (χ1) is 8.86. The Bertz CT molecular complexity index is 269. The van der Waals surface area contributed by atoms with E-state index in [1.165, 1.54) is 58.0 Å². The average molecular weight is 252 g/mol. The molecule has 2 saturated heterocycles. The van der Waals surface area contributed by atoms with Crippen molar-refractivity contribution in [1.82, 2.24) is 10.2 Å². The third kappa shape index (κ3) is 2.73. The molecule has 3 nitrogen and oxygen atoms in total. The predicted molar refractivity (Wildman–Crippen MR) is 73.8 cm³/mol. The van der Waals surface area contributed by atoms with Crippen molar-refractivity contribution in [3.8, 4) is 0 Å². The molecule has 0 radical (unpaired) electrons. The zero-order valence-electron chi connectivity index (χ0n) is 11.7. The van der Waals surface area contributed by atoms with Crippen molar-refractivity contribution < 1.29 is 4.74 Å². The maximum atomic E-state index is 5.46. The van der Waals surface area contributed by atoms with Crippen LogP contribution in [0.2, 0.25) is 0 Å². The van der Waals surface area contributed by atoms with Crippen LogP contribution in [-0.2, 0) is 4.74 Å².